The Hall–Kier alpha value is 0.267. The molecule has 0 spiro atoms. The monoisotopic (exact) mass is 172 g/mol. The van der Waals surface area contributed by atoms with Crippen molar-refractivity contribution < 1.29 is 9.90 Å². The molecule has 0 radical (unpaired) electrons. The van der Waals surface area contributed by atoms with E-state index in [0.717, 1.165) is 0 Å². The van der Waals surface area contributed by atoms with Gasteiger partial charge in [0, 0.05) is 6.42 Å². The molecule has 8 heavy (non-hydrogen) atoms. The number of carboxylic acid groups (broad SMARTS) is 1. The van der Waals surface area contributed by atoms with Gasteiger partial charge in [0.15, 0.2) is 0 Å². The van der Waals surface area contributed by atoms with Crippen LogP contribution in [0.15, 0.2) is 0 Å². The Labute approximate surface area is 58.4 Å². The summed E-state index contributed by atoms with van der Waals surface area (Å²) in [4.78, 5) is 9.81. The van der Waals surface area contributed by atoms with Crippen LogP contribution < -0.4 is 0 Å². The minimum absolute atomic E-state index is 0.101. The van der Waals surface area contributed by atoms with Crippen LogP contribution in [0.4, 0.5) is 0 Å². The standard InChI is InChI=1S/C3H6Cl2O2Si/c4-8(5)2-1-3(6)7/h8H,1-2H2,(H,6,7). The van der Waals surface area contributed by atoms with Crippen molar-refractivity contribution in [2.24, 2.45) is 0 Å². The molecule has 0 rings (SSSR count). The molecule has 0 aliphatic carbocycles. The second-order valence-electron chi connectivity index (χ2n) is 1.32. The van der Waals surface area contributed by atoms with Gasteiger partial charge in [-0.25, -0.2) is 0 Å². The summed E-state index contributed by atoms with van der Waals surface area (Å²) < 4.78 is 0. The van der Waals surface area contributed by atoms with Crippen molar-refractivity contribution in [1.82, 2.24) is 0 Å². The molecule has 0 saturated carbocycles. The third-order valence-corrected chi connectivity index (χ3v) is 2.61. The maximum Gasteiger partial charge on any atom is 0.303 e. The molecule has 0 bridgehead atoms. The van der Waals surface area contributed by atoms with Crippen molar-refractivity contribution in [2.75, 3.05) is 0 Å². The Morgan fingerprint density at radius 2 is 2.12 bits per heavy atom. The fourth-order valence-electron chi connectivity index (χ4n) is 0.233. The number of hydrogen-bond donors (Lipinski definition) is 1. The Bertz CT molecular complexity index is 85.4. The Kier molecular flexibility index (Phi) is 4.32. The van der Waals surface area contributed by atoms with Crippen molar-refractivity contribution in [3.63, 3.8) is 0 Å². The highest BCUT2D eigenvalue weighted by Gasteiger charge is 2.04. The molecule has 1 N–H and O–H groups in total. The maximum atomic E-state index is 9.81. The lowest BCUT2D eigenvalue weighted by Crippen LogP contribution is -1.99. The zero-order valence-corrected chi connectivity index (χ0v) is 6.77. The van der Waals surface area contributed by atoms with E-state index in [9.17, 15) is 4.79 Å². The summed E-state index contributed by atoms with van der Waals surface area (Å²) in [5.74, 6) is -0.830. The fourth-order valence-corrected chi connectivity index (χ4v) is 1.35. The molecule has 0 aromatic carbocycles. The highest BCUT2D eigenvalue weighted by molar-refractivity contribution is 7.33. The lowest BCUT2D eigenvalue weighted by atomic mass is 10.5. The summed E-state index contributed by atoms with van der Waals surface area (Å²) in [6.45, 7) is 0. The summed E-state index contributed by atoms with van der Waals surface area (Å²) >= 11 is 10.7. The van der Waals surface area contributed by atoms with E-state index in [0.29, 0.717) is 6.04 Å². The van der Waals surface area contributed by atoms with Gasteiger partial charge in [-0.05, 0) is 6.04 Å². The smallest absolute Gasteiger partial charge is 0.303 e. The van der Waals surface area contributed by atoms with Crippen LogP contribution in [0.2, 0.25) is 6.04 Å². The second-order valence-corrected chi connectivity index (χ2v) is 6.51. The number of rotatable bonds is 3. The van der Waals surface area contributed by atoms with Gasteiger partial charge >= 0.3 is 5.97 Å². The highest BCUT2D eigenvalue weighted by Crippen LogP contribution is 2.05. The van der Waals surface area contributed by atoms with Gasteiger partial charge in [-0.3, -0.25) is 4.79 Å². The molecule has 5 heteroatoms. The number of carbonyl (C=O) groups is 1. The summed E-state index contributed by atoms with van der Waals surface area (Å²) in [7, 11) is -1.66. The molecular weight excluding hydrogens is 167 g/mol. The van der Waals surface area contributed by atoms with Gasteiger partial charge in [-0.15, -0.1) is 0 Å². The van der Waals surface area contributed by atoms with Gasteiger partial charge in [0.05, 0.1) is 0 Å². The van der Waals surface area contributed by atoms with E-state index < -0.39 is 13.4 Å². The van der Waals surface area contributed by atoms with Crippen molar-refractivity contribution in [3.8, 4) is 0 Å². The molecule has 0 heterocycles. The highest BCUT2D eigenvalue weighted by atomic mass is 35.7. The van der Waals surface area contributed by atoms with Crippen LogP contribution in [0.1, 0.15) is 6.42 Å². The average molecular weight is 173 g/mol. The number of aliphatic carboxylic acids is 1. The van der Waals surface area contributed by atoms with E-state index in [1.807, 2.05) is 0 Å². The first-order valence-corrected chi connectivity index (χ1v) is 6.43. The van der Waals surface area contributed by atoms with Crippen molar-refractivity contribution in [3.05, 3.63) is 0 Å². The molecule has 0 fully saturated rings. The molecule has 0 aromatic heterocycles. The number of hydrogen-bond acceptors (Lipinski definition) is 1. The van der Waals surface area contributed by atoms with Gasteiger partial charge in [0.2, 0.25) is 7.42 Å². The SMILES string of the molecule is O=C(O)CC[SiH](Cl)Cl. The normalized spacial score (nSPS) is 9.88. The third-order valence-electron chi connectivity index (χ3n) is 0.576. The Morgan fingerprint density at radius 1 is 1.62 bits per heavy atom. The first-order valence-electron chi connectivity index (χ1n) is 2.13. The number of carboxylic acids is 1. The van der Waals surface area contributed by atoms with Crippen LogP contribution in [0.5, 0.6) is 0 Å². The molecule has 0 atom stereocenters. The molecule has 0 unspecified atom stereocenters. The second kappa shape index (κ2) is 4.18. The summed E-state index contributed by atoms with van der Waals surface area (Å²) in [6.07, 6.45) is 0.101. The number of halogens is 2. The van der Waals surface area contributed by atoms with Crippen LogP contribution in [0.25, 0.3) is 0 Å². The van der Waals surface area contributed by atoms with Crippen LogP contribution in [0, 0.1) is 0 Å². The summed E-state index contributed by atoms with van der Waals surface area (Å²) in [6, 6.07) is 0.457. The van der Waals surface area contributed by atoms with Gasteiger partial charge in [-0.1, -0.05) is 0 Å². The summed E-state index contributed by atoms with van der Waals surface area (Å²) in [5, 5.41) is 8.07. The van der Waals surface area contributed by atoms with Crippen molar-refractivity contribution >= 4 is 35.5 Å². The van der Waals surface area contributed by atoms with E-state index in [1.54, 1.807) is 0 Å². The summed E-state index contributed by atoms with van der Waals surface area (Å²) in [5.41, 5.74) is 0. The van der Waals surface area contributed by atoms with E-state index in [-0.39, 0.29) is 6.42 Å². The first-order chi connectivity index (χ1) is 3.63. The minimum Gasteiger partial charge on any atom is -0.481 e. The van der Waals surface area contributed by atoms with Gasteiger partial charge in [0.1, 0.15) is 0 Å². The predicted molar refractivity (Wildman–Crippen MR) is 35.9 cm³/mol. The molecule has 0 aromatic rings. The first kappa shape index (κ1) is 8.27. The van der Waals surface area contributed by atoms with Gasteiger partial charge in [0.25, 0.3) is 0 Å². The quantitative estimate of drug-likeness (QED) is 0.513. The average Bonchev–Trinajstić information content (AvgIpc) is 1.61. The Balaban J connectivity index is 3.05. The van der Waals surface area contributed by atoms with Crippen LogP contribution in [-0.4, -0.2) is 18.5 Å². The fraction of sp³-hybridized carbons (Fsp3) is 0.667. The predicted octanol–water partition coefficient (Wildman–Crippen LogP) is 1.16. The van der Waals surface area contributed by atoms with E-state index >= 15 is 0 Å². The zero-order valence-electron chi connectivity index (χ0n) is 4.10. The van der Waals surface area contributed by atoms with Crippen molar-refractivity contribution in [2.45, 2.75) is 12.5 Å². The van der Waals surface area contributed by atoms with Crippen LogP contribution in [-0.2, 0) is 4.79 Å². The van der Waals surface area contributed by atoms with Gasteiger partial charge < -0.3 is 5.11 Å². The third kappa shape index (κ3) is 6.27. The minimum atomic E-state index is -1.66. The zero-order chi connectivity index (χ0) is 6.57. The van der Waals surface area contributed by atoms with Crippen molar-refractivity contribution in [1.29, 1.82) is 0 Å². The molecule has 0 amide bonds. The lowest BCUT2D eigenvalue weighted by molar-refractivity contribution is -0.136. The maximum absolute atomic E-state index is 9.81. The molecule has 48 valence electrons. The molecule has 0 saturated heterocycles. The van der Waals surface area contributed by atoms with E-state index in [1.165, 1.54) is 0 Å². The van der Waals surface area contributed by atoms with Crippen LogP contribution >= 0.6 is 22.2 Å². The topological polar surface area (TPSA) is 37.3 Å². The Morgan fingerprint density at radius 3 is 2.25 bits per heavy atom. The molecule has 2 nitrogen and oxygen atoms in total. The van der Waals surface area contributed by atoms with Crippen LogP contribution in [0.3, 0.4) is 0 Å². The van der Waals surface area contributed by atoms with E-state index in [2.05, 4.69) is 0 Å². The largest absolute Gasteiger partial charge is 0.481 e. The van der Waals surface area contributed by atoms with E-state index in [4.69, 9.17) is 27.3 Å². The molecule has 0 aliphatic heterocycles. The molecular formula is C3H6Cl2O2Si. The molecule has 0 aliphatic rings. The van der Waals surface area contributed by atoms with Gasteiger partial charge in [-0.2, -0.15) is 22.2 Å². The lowest BCUT2D eigenvalue weighted by Gasteiger charge is -1.91.